The first-order chi connectivity index (χ1) is 15.2. The van der Waals surface area contributed by atoms with E-state index in [1.54, 1.807) is 0 Å². The first-order valence-corrected chi connectivity index (χ1v) is 12.2. The van der Waals surface area contributed by atoms with Crippen molar-refractivity contribution in [2.75, 3.05) is 6.61 Å². The molecule has 0 radical (unpaired) electrons. The second-order valence-corrected chi connectivity index (χ2v) is 11.0. The van der Waals surface area contributed by atoms with E-state index in [-0.39, 0.29) is 12.8 Å². The highest BCUT2D eigenvalue weighted by molar-refractivity contribution is 5.61. The molecule has 0 aromatic heterocycles. The van der Waals surface area contributed by atoms with Gasteiger partial charge in [0.05, 0.1) is 23.5 Å². The Morgan fingerprint density at radius 3 is 1.94 bits per heavy atom. The molecule has 0 bridgehead atoms. The minimum atomic E-state index is -2.20. The molecule has 2 spiro atoms. The summed E-state index contributed by atoms with van der Waals surface area (Å²) in [5, 5.41) is 68.7. The van der Waals surface area contributed by atoms with E-state index < -0.39 is 46.4 Å². The maximum absolute atomic E-state index is 12.1. The minimum Gasteiger partial charge on any atom is -0.394 e. The molecule has 4 fully saturated rings. The van der Waals surface area contributed by atoms with Crippen LogP contribution in [-0.4, -0.2) is 66.3 Å². The Hall–Kier alpha value is -1.28. The molecule has 0 aromatic rings. The summed E-state index contributed by atoms with van der Waals surface area (Å²) in [6.45, 7) is -0.750. The zero-order valence-corrected chi connectivity index (χ0v) is 18.4. The third-order valence-electron chi connectivity index (χ3n) is 9.99. The summed E-state index contributed by atoms with van der Waals surface area (Å²) in [4.78, 5) is 0. The first kappa shape index (κ1) is 21.3. The van der Waals surface area contributed by atoms with Crippen LogP contribution in [0.2, 0.25) is 0 Å². The molecule has 0 aromatic carbocycles. The van der Waals surface area contributed by atoms with Gasteiger partial charge in [-0.15, -0.1) is 0 Å². The van der Waals surface area contributed by atoms with Crippen LogP contribution in [0.5, 0.6) is 0 Å². The van der Waals surface area contributed by atoms with Crippen LogP contribution >= 0.6 is 0 Å². The van der Waals surface area contributed by atoms with Crippen LogP contribution in [0.1, 0.15) is 64.2 Å². The molecule has 6 rings (SSSR count). The van der Waals surface area contributed by atoms with Gasteiger partial charge >= 0.3 is 0 Å². The lowest BCUT2D eigenvalue weighted by atomic mass is 9.20. The average molecular weight is 443 g/mol. The maximum Gasteiger partial charge on any atom is 0.141 e. The highest BCUT2D eigenvalue weighted by atomic mass is 16.5. The number of aliphatic hydroxyl groups excluding tert-OH is 3. The standard InChI is InChI=1S/C26H34O6/c27-15-20(28)24(30)23(12-10-17-6-2-4-8-19(17)14-23)25(31)21(29)22(26(24,25)32)11-9-16-5-1-3-7-18(16)13-22/h9-10,13-14,20-21,27-32H,1-8,11-12,15H2/t20-,21?,22?,23?,24+,25-,26+/m1/s1. The molecule has 4 saturated carbocycles. The molecule has 6 N–H and O–H groups in total. The monoisotopic (exact) mass is 442 g/mol. The summed E-state index contributed by atoms with van der Waals surface area (Å²) in [7, 11) is 0. The Kier molecular flexibility index (Phi) is 4.28. The van der Waals surface area contributed by atoms with Gasteiger partial charge in [-0.1, -0.05) is 24.3 Å². The van der Waals surface area contributed by atoms with E-state index in [1.807, 2.05) is 24.3 Å². The molecule has 0 amide bonds. The van der Waals surface area contributed by atoms with Crippen LogP contribution in [0.15, 0.2) is 46.6 Å². The molecule has 6 nitrogen and oxygen atoms in total. The molecular formula is C26H34O6. The van der Waals surface area contributed by atoms with E-state index in [9.17, 15) is 30.6 Å². The zero-order chi connectivity index (χ0) is 22.6. The Morgan fingerprint density at radius 1 is 0.812 bits per heavy atom. The van der Waals surface area contributed by atoms with Gasteiger partial charge in [-0.2, -0.15) is 0 Å². The van der Waals surface area contributed by atoms with E-state index in [1.165, 1.54) is 11.1 Å². The SMILES string of the molecule is OC[C@@H](O)[C@]1(O)C2(C=C3CCCCC3=CC2)[C@]2(O)C(O)C3(C=C4CCCCC4=CC3)[C@@]21O. The van der Waals surface area contributed by atoms with E-state index >= 15 is 0 Å². The second kappa shape index (κ2) is 6.44. The van der Waals surface area contributed by atoms with Crippen molar-refractivity contribution in [1.29, 1.82) is 0 Å². The molecule has 0 heterocycles. The summed E-state index contributed by atoms with van der Waals surface area (Å²) in [5.74, 6) is 0. The lowest BCUT2D eigenvalue weighted by Gasteiger charge is -2.88. The molecule has 174 valence electrons. The number of fused-ring (bicyclic) bond motifs is 5. The van der Waals surface area contributed by atoms with E-state index in [0.717, 1.165) is 62.5 Å². The summed E-state index contributed by atoms with van der Waals surface area (Å²) < 4.78 is 0. The molecule has 7 atom stereocenters. The Labute approximate surface area is 188 Å². The van der Waals surface area contributed by atoms with Gasteiger partial charge in [0, 0.05) is 0 Å². The smallest absolute Gasteiger partial charge is 0.141 e. The molecule has 6 aliphatic carbocycles. The fraction of sp³-hybridized carbons (Fsp3) is 0.692. The van der Waals surface area contributed by atoms with Gasteiger partial charge in [0.15, 0.2) is 0 Å². The van der Waals surface area contributed by atoms with Gasteiger partial charge in [-0.25, -0.2) is 0 Å². The number of rotatable bonds is 2. The van der Waals surface area contributed by atoms with Crippen LogP contribution in [0.4, 0.5) is 0 Å². The van der Waals surface area contributed by atoms with Crippen molar-refractivity contribution in [1.82, 2.24) is 0 Å². The highest BCUT2D eigenvalue weighted by Crippen LogP contribution is 2.83. The molecular weight excluding hydrogens is 408 g/mol. The van der Waals surface area contributed by atoms with Gasteiger partial charge in [-0.05, 0) is 86.5 Å². The van der Waals surface area contributed by atoms with E-state index in [4.69, 9.17) is 0 Å². The maximum atomic E-state index is 12.1. The van der Waals surface area contributed by atoms with Crippen LogP contribution < -0.4 is 0 Å². The summed E-state index contributed by atoms with van der Waals surface area (Å²) in [6, 6.07) is 0. The van der Waals surface area contributed by atoms with Crippen molar-refractivity contribution >= 4 is 0 Å². The largest absolute Gasteiger partial charge is 0.394 e. The van der Waals surface area contributed by atoms with Crippen LogP contribution in [-0.2, 0) is 0 Å². The summed E-state index contributed by atoms with van der Waals surface area (Å²) >= 11 is 0. The van der Waals surface area contributed by atoms with Gasteiger partial charge in [0.25, 0.3) is 0 Å². The van der Waals surface area contributed by atoms with Crippen LogP contribution in [0.25, 0.3) is 0 Å². The van der Waals surface area contributed by atoms with E-state index in [0.29, 0.717) is 0 Å². The number of hydrogen-bond acceptors (Lipinski definition) is 6. The van der Waals surface area contributed by atoms with Crippen molar-refractivity contribution < 1.29 is 30.6 Å². The summed E-state index contributed by atoms with van der Waals surface area (Å²) in [6.07, 6.45) is 12.9. The first-order valence-electron chi connectivity index (χ1n) is 12.2. The Balaban J connectivity index is 1.51. The molecule has 0 saturated heterocycles. The predicted molar refractivity (Wildman–Crippen MR) is 117 cm³/mol. The Bertz CT molecular complexity index is 992. The third kappa shape index (κ3) is 1.90. The highest BCUT2D eigenvalue weighted by Gasteiger charge is 3.02. The second-order valence-electron chi connectivity index (χ2n) is 11.0. The van der Waals surface area contributed by atoms with Gasteiger partial charge < -0.3 is 30.6 Å². The molecule has 6 aliphatic rings. The van der Waals surface area contributed by atoms with Gasteiger partial charge in [-0.3, -0.25) is 0 Å². The minimum absolute atomic E-state index is 0.197. The lowest BCUT2D eigenvalue weighted by Crippen LogP contribution is -3.08. The number of aliphatic hydroxyl groups is 6. The molecule has 6 heteroatoms. The lowest BCUT2D eigenvalue weighted by molar-refractivity contribution is -0.533. The zero-order valence-electron chi connectivity index (χ0n) is 18.4. The average Bonchev–Trinajstić information content (AvgIpc) is 2.85. The van der Waals surface area contributed by atoms with Crippen LogP contribution in [0, 0.1) is 10.8 Å². The van der Waals surface area contributed by atoms with E-state index in [2.05, 4.69) is 0 Å². The van der Waals surface area contributed by atoms with Crippen molar-refractivity contribution in [3.05, 3.63) is 46.6 Å². The van der Waals surface area contributed by atoms with Gasteiger partial charge in [0.1, 0.15) is 22.9 Å². The van der Waals surface area contributed by atoms with Crippen molar-refractivity contribution in [2.45, 2.75) is 93.2 Å². The van der Waals surface area contributed by atoms with Crippen LogP contribution in [0.3, 0.4) is 0 Å². The fourth-order valence-electron chi connectivity index (χ4n) is 8.46. The molecule has 32 heavy (non-hydrogen) atoms. The normalized spacial score (nSPS) is 50.0. The Morgan fingerprint density at radius 2 is 1.34 bits per heavy atom. The predicted octanol–water partition coefficient (Wildman–Crippen LogP) is 1.55. The quantitative estimate of drug-likeness (QED) is 0.386. The molecule has 0 aliphatic heterocycles. The summed E-state index contributed by atoms with van der Waals surface area (Å²) in [5.41, 5.74) is -4.72. The molecule has 3 unspecified atom stereocenters. The fourth-order valence-corrected chi connectivity index (χ4v) is 8.46. The van der Waals surface area contributed by atoms with Crippen molar-refractivity contribution in [3.63, 3.8) is 0 Å². The van der Waals surface area contributed by atoms with Crippen molar-refractivity contribution in [3.8, 4) is 0 Å². The number of hydrogen-bond donors (Lipinski definition) is 6. The number of allylic oxidation sites excluding steroid dienone is 6. The van der Waals surface area contributed by atoms with Crippen molar-refractivity contribution in [2.24, 2.45) is 10.8 Å². The van der Waals surface area contributed by atoms with Gasteiger partial charge in [0.2, 0.25) is 0 Å². The topological polar surface area (TPSA) is 121 Å². The third-order valence-corrected chi connectivity index (χ3v) is 9.99.